The number of ether oxygens (including phenoxy) is 1. The lowest BCUT2D eigenvalue weighted by molar-refractivity contribution is 0.281. The van der Waals surface area contributed by atoms with Gasteiger partial charge in [0.15, 0.2) is 0 Å². The van der Waals surface area contributed by atoms with E-state index in [9.17, 15) is 0 Å². The van der Waals surface area contributed by atoms with Crippen LogP contribution < -0.4 is 0 Å². The molecule has 1 nitrogen and oxygen atoms in total. The summed E-state index contributed by atoms with van der Waals surface area (Å²) in [5.74, 6) is 0. The van der Waals surface area contributed by atoms with Crippen LogP contribution in [-0.2, 0) is 4.74 Å². The molecule has 0 aromatic rings. The van der Waals surface area contributed by atoms with E-state index in [-0.39, 0.29) is 0 Å². The molecule has 0 fully saturated rings. The molecule has 0 aromatic carbocycles. The first-order valence-corrected chi connectivity index (χ1v) is 2.76. The Balaban J connectivity index is 2.73. The van der Waals surface area contributed by atoms with Crippen molar-refractivity contribution in [3.8, 4) is 0 Å². The van der Waals surface area contributed by atoms with Crippen LogP contribution in [0.25, 0.3) is 0 Å². The quantitative estimate of drug-likeness (QED) is 0.462. The Morgan fingerprint density at radius 2 is 2.12 bits per heavy atom. The minimum Gasteiger partial charge on any atom is -0.497 e. The number of allylic oxidation sites excluding steroid dienone is 2. The molecule has 1 aliphatic heterocycles. The molecule has 0 spiro atoms. The van der Waals surface area contributed by atoms with Gasteiger partial charge < -0.3 is 4.74 Å². The third-order valence-electron chi connectivity index (χ3n) is 1.37. The molecule has 0 aromatic heterocycles. The van der Waals surface area contributed by atoms with E-state index in [1.807, 2.05) is 6.92 Å². The first-order valence-electron chi connectivity index (χ1n) is 2.76. The van der Waals surface area contributed by atoms with Gasteiger partial charge >= 0.3 is 0 Å². The van der Waals surface area contributed by atoms with Crippen molar-refractivity contribution < 1.29 is 4.74 Å². The van der Waals surface area contributed by atoms with Gasteiger partial charge in [-0.25, -0.2) is 0 Å². The van der Waals surface area contributed by atoms with Crippen molar-refractivity contribution in [2.24, 2.45) is 0 Å². The van der Waals surface area contributed by atoms with E-state index in [0.29, 0.717) is 0 Å². The highest BCUT2D eigenvalue weighted by Gasteiger charge is 1.96. The SMILES string of the molecule is CC1=CCOC=C1C. The first-order chi connectivity index (χ1) is 3.80. The third-order valence-corrected chi connectivity index (χ3v) is 1.37. The third kappa shape index (κ3) is 0.915. The largest absolute Gasteiger partial charge is 0.497 e. The summed E-state index contributed by atoms with van der Waals surface area (Å²) in [5, 5.41) is 0. The summed E-state index contributed by atoms with van der Waals surface area (Å²) in [4.78, 5) is 0. The average Bonchev–Trinajstić information content (AvgIpc) is 1.77. The number of hydrogen-bond acceptors (Lipinski definition) is 1. The van der Waals surface area contributed by atoms with E-state index in [1.54, 1.807) is 6.26 Å². The molecule has 0 N–H and O–H groups in total. The zero-order valence-corrected chi connectivity index (χ0v) is 5.27. The van der Waals surface area contributed by atoms with Crippen LogP contribution in [0.15, 0.2) is 23.5 Å². The molecule has 1 heterocycles. The molecule has 0 unspecified atom stereocenters. The van der Waals surface area contributed by atoms with Gasteiger partial charge in [0.05, 0.1) is 6.26 Å². The summed E-state index contributed by atoms with van der Waals surface area (Å²) in [6, 6.07) is 0. The molecule has 0 aliphatic carbocycles. The summed E-state index contributed by atoms with van der Waals surface area (Å²) < 4.78 is 5.01. The fourth-order valence-corrected chi connectivity index (χ4v) is 0.600. The van der Waals surface area contributed by atoms with Gasteiger partial charge in [0.25, 0.3) is 0 Å². The van der Waals surface area contributed by atoms with Crippen molar-refractivity contribution in [3.05, 3.63) is 23.5 Å². The zero-order valence-electron chi connectivity index (χ0n) is 5.27. The maximum Gasteiger partial charge on any atom is 0.106 e. The summed E-state index contributed by atoms with van der Waals surface area (Å²) in [5.41, 5.74) is 2.56. The van der Waals surface area contributed by atoms with Crippen molar-refractivity contribution in [2.75, 3.05) is 6.61 Å². The Morgan fingerprint density at radius 3 is 2.50 bits per heavy atom. The molecule has 8 heavy (non-hydrogen) atoms. The fraction of sp³-hybridized carbons (Fsp3) is 0.429. The maximum atomic E-state index is 5.01. The summed E-state index contributed by atoms with van der Waals surface area (Å²) >= 11 is 0. The Hall–Kier alpha value is -0.720. The molecule has 0 radical (unpaired) electrons. The van der Waals surface area contributed by atoms with Gasteiger partial charge in [0.1, 0.15) is 6.61 Å². The maximum absolute atomic E-state index is 5.01. The van der Waals surface area contributed by atoms with Crippen LogP contribution in [0.5, 0.6) is 0 Å². The highest BCUT2D eigenvalue weighted by molar-refractivity contribution is 5.27. The van der Waals surface area contributed by atoms with Crippen LogP contribution in [-0.4, -0.2) is 6.61 Å². The zero-order chi connectivity index (χ0) is 5.98. The summed E-state index contributed by atoms with van der Waals surface area (Å²) in [6.45, 7) is 4.88. The molecule has 44 valence electrons. The van der Waals surface area contributed by atoms with Crippen molar-refractivity contribution in [3.63, 3.8) is 0 Å². The monoisotopic (exact) mass is 110 g/mol. The second-order valence-corrected chi connectivity index (χ2v) is 2.02. The Kier molecular flexibility index (Phi) is 1.38. The molecular formula is C7H10O. The van der Waals surface area contributed by atoms with Crippen LogP contribution >= 0.6 is 0 Å². The smallest absolute Gasteiger partial charge is 0.106 e. The fourth-order valence-electron chi connectivity index (χ4n) is 0.600. The summed E-state index contributed by atoms with van der Waals surface area (Å²) in [6.07, 6.45) is 3.88. The van der Waals surface area contributed by atoms with Crippen molar-refractivity contribution in [1.29, 1.82) is 0 Å². The first kappa shape index (κ1) is 5.42. The van der Waals surface area contributed by atoms with Gasteiger partial charge in [-0.2, -0.15) is 0 Å². The second kappa shape index (κ2) is 2.03. The molecule has 0 saturated heterocycles. The van der Waals surface area contributed by atoms with E-state index < -0.39 is 0 Å². The van der Waals surface area contributed by atoms with Crippen molar-refractivity contribution in [2.45, 2.75) is 13.8 Å². The van der Waals surface area contributed by atoms with Crippen molar-refractivity contribution in [1.82, 2.24) is 0 Å². The van der Waals surface area contributed by atoms with E-state index >= 15 is 0 Å². The normalized spacial score (nSPS) is 18.8. The molecular weight excluding hydrogens is 100 g/mol. The topological polar surface area (TPSA) is 9.23 Å². The highest BCUT2D eigenvalue weighted by Crippen LogP contribution is 2.11. The van der Waals surface area contributed by atoms with Gasteiger partial charge in [-0.15, -0.1) is 0 Å². The van der Waals surface area contributed by atoms with Crippen LogP contribution in [0.4, 0.5) is 0 Å². The lowest BCUT2D eigenvalue weighted by Gasteiger charge is -2.07. The predicted octanol–water partition coefficient (Wildman–Crippen LogP) is 1.87. The lowest BCUT2D eigenvalue weighted by atomic mass is 10.1. The minimum atomic E-state index is 0.739. The Labute approximate surface area is 49.7 Å². The van der Waals surface area contributed by atoms with E-state index in [4.69, 9.17) is 4.74 Å². The highest BCUT2D eigenvalue weighted by atomic mass is 16.5. The van der Waals surface area contributed by atoms with E-state index in [1.165, 1.54) is 11.1 Å². The number of rotatable bonds is 0. The van der Waals surface area contributed by atoms with E-state index in [0.717, 1.165) is 6.61 Å². The van der Waals surface area contributed by atoms with Crippen molar-refractivity contribution >= 4 is 0 Å². The molecule has 0 atom stereocenters. The lowest BCUT2D eigenvalue weighted by Crippen LogP contribution is -1.93. The Morgan fingerprint density at radius 1 is 1.38 bits per heavy atom. The minimum absolute atomic E-state index is 0.739. The molecule has 0 bridgehead atoms. The molecule has 1 aliphatic rings. The summed E-state index contributed by atoms with van der Waals surface area (Å²) in [7, 11) is 0. The molecule has 1 rings (SSSR count). The van der Waals surface area contributed by atoms with Gasteiger partial charge in [0.2, 0.25) is 0 Å². The van der Waals surface area contributed by atoms with Crippen LogP contribution in [0.3, 0.4) is 0 Å². The predicted molar refractivity (Wildman–Crippen MR) is 33.5 cm³/mol. The molecule has 0 amide bonds. The molecule has 0 saturated carbocycles. The van der Waals surface area contributed by atoms with Gasteiger partial charge in [0, 0.05) is 0 Å². The second-order valence-electron chi connectivity index (χ2n) is 2.02. The van der Waals surface area contributed by atoms with Gasteiger partial charge in [-0.3, -0.25) is 0 Å². The molecule has 1 heteroatoms. The standard InChI is InChI=1S/C7H10O/c1-6-3-4-8-5-7(6)2/h3,5H,4H2,1-2H3. The van der Waals surface area contributed by atoms with Gasteiger partial charge in [-0.05, 0) is 31.1 Å². The van der Waals surface area contributed by atoms with Crippen LogP contribution in [0.1, 0.15) is 13.8 Å². The average molecular weight is 110 g/mol. The van der Waals surface area contributed by atoms with Crippen LogP contribution in [0.2, 0.25) is 0 Å². The number of hydrogen-bond donors (Lipinski definition) is 0. The van der Waals surface area contributed by atoms with Crippen LogP contribution in [0, 0.1) is 0 Å². The Bertz CT molecular complexity index is 124. The van der Waals surface area contributed by atoms with Gasteiger partial charge in [-0.1, -0.05) is 0 Å². The van der Waals surface area contributed by atoms with E-state index in [2.05, 4.69) is 13.0 Å².